The zero-order chi connectivity index (χ0) is 18.6. The Bertz CT molecular complexity index is 626. The zero-order valence-corrected chi connectivity index (χ0v) is 15.0. The molecular weight excluding hydrogens is 347 g/mol. The van der Waals surface area contributed by atoms with Gasteiger partial charge in [0.1, 0.15) is 12.4 Å². The summed E-state index contributed by atoms with van der Waals surface area (Å²) in [5.74, 6) is 2.46. The van der Waals surface area contributed by atoms with Crippen LogP contribution < -0.4 is 10.6 Å². The first-order chi connectivity index (χ1) is 12.4. The van der Waals surface area contributed by atoms with E-state index in [1.807, 2.05) is 6.92 Å². The quantitative estimate of drug-likeness (QED) is 0.602. The van der Waals surface area contributed by atoms with E-state index in [4.69, 9.17) is 0 Å². The van der Waals surface area contributed by atoms with E-state index < -0.39 is 12.7 Å². The molecule has 2 aliphatic heterocycles. The number of hydrogen-bond acceptors (Lipinski definition) is 4. The number of nitrogens with one attached hydrogen (secondary N) is 2. The summed E-state index contributed by atoms with van der Waals surface area (Å²) in [7, 11) is 0. The highest BCUT2D eigenvalue weighted by molar-refractivity contribution is 5.80. The first-order valence-electron chi connectivity index (χ1n) is 9.19. The fourth-order valence-electron chi connectivity index (χ4n) is 3.50. The first kappa shape index (κ1) is 18.9. The summed E-state index contributed by atoms with van der Waals surface area (Å²) in [6.45, 7) is 3.92. The summed E-state index contributed by atoms with van der Waals surface area (Å²) in [5, 5.41) is 14.9. The van der Waals surface area contributed by atoms with E-state index in [9.17, 15) is 13.2 Å². The summed E-state index contributed by atoms with van der Waals surface area (Å²) < 4.78 is 39.7. The van der Waals surface area contributed by atoms with Gasteiger partial charge in [-0.3, -0.25) is 4.90 Å². The van der Waals surface area contributed by atoms with Gasteiger partial charge in [-0.05, 0) is 26.2 Å². The van der Waals surface area contributed by atoms with Gasteiger partial charge in [0.05, 0.1) is 6.54 Å². The van der Waals surface area contributed by atoms with Crippen molar-refractivity contribution in [3.05, 3.63) is 11.6 Å². The minimum absolute atomic E-state index is 0.0394. The van der Waals surface area contributed by atoms with Crippen LogP contribution in [0.5, 0.6) is 0 Å². The number of halogens is 3. The molecule has 0 radical (unpaired) electrons. The molecule has 146 valence electrons. The molecule has 1 aromatic rings. The first-order valence-corrected chi connectivity index (χ1v) is 9.19. The average Bonchev–Trinajstić information content (AvgIpc) is 3.18. The Labute approximate surface area is 151 Å². The van der Waals surface area contributed by atoms with Crippen molar-refractivity contribution >= 4 is 5.96 Å². The van der Waals surface area contributed by atoms with E-state index in [-0.39, 0.29) is 6.04 Å². The molecule has 1 atom stereocenters. The van der Waals surface area contributed by atoms with Crippen molar-refractivity contribution in [2.75, 3.05) is 26.2 Å². The van der Waals surface area contributed by atoms with E-state index in [2.05, 4.69) is 30.4 Å². The van der Waals surface area contributed by atoms with Crippen LogP contribution in [0.1, 0.15) is 37.8 Å². The molecule has 26 heavy (non-hydrogen) atoms. The molecule has 0 aromatic carbocycles. The molecule has 0 saturated carbocycles. The van der Waals surface area contributed by atoms with Crippen molar-refractivity contribution < 1.29 is 13.2 Å². The number of likely N-dealkylation sites (tertiary alicyclic amines) is 1. The molecule has 1 unspecified atom stereocenters. The number of fused-ring (bicyclic) bond motifs is 1. The Balaban J connectivity index is 1.57. The van der Waals surface area contributed by atoms with E-state index in [0.717, 1.165) is 37.5 Å². The molecule has 3 rings (SSSR count). The largest absolute Gasteiger partial charge is 0.401 e. The Kier molecular flexibility index (Phi) is 6.00. The molecule has 0 spiro atoms. The highest BCUT2D eigenvalue weighted by Gasteiger charge is 2.34. The van der Waals surface area contributed by atoms with Crippen molar-refractivity contribution in [2.24, 2.45) is 4.99 Å². The fourth-order valence-corrected chi connectivity index (χ4v) is 3.50. The molecule has 3 heterocycles. The Morgan fingerprint density at radius 3 is 2.88 bits per heavy atom. The van der Waals surface area contributed by atoms with Crippen molar-refractivity contribution in [3.8, 4) is 0 Å². The summed E-state index contributed by atoms with van der Waals surface area (Å²) in [6, 6.07) is -0.0394. The number of aliphatic imine (C=N–C) groups is 1. The number of aromatic nitrogens is 3. The van der Waals surface area contributed by atoms with Crippen LogP contribution in [0.4, 0.5) is 13.2 Å². The number of nitrogens with zero attached hydrogens (tertiary/aromatic N) is 5. The SMILES string of the molecule is CCNC(=NCc1nnc2n1CCCC2)NC1CCN(CC(F)(F)F)C1. The molecule has 1 aromatic heterocycles. The maximum absolute atomic E-state index is 12.5. The summed E-state index contributed by atoms with van der Waals surface area (Å²) in [4.78, 5) is 5.98. The fraction of sp³-hybridized carbons (Fsp3) is 0.812. The van der Waals surface area contributed by atoms with E-state index in [0.29, 0.717) is 38.6 Å². The predicted octanol–water partition coefficient (Wildman–Crippen LogP) is 1.31. The smallest absolute Gasteiger partial charge is 0.357 e. The summed E-state index contributed by atoms with van der Waals surface area (Å²) in [6.07, 6.45) is -0.272. The summed E-state index contributed by atoms with van der Waals surface area (Å²) in [5.41, 5.74) is 0. The molecule has 10 heteroatoms. The van der Waals surface area contributed by atoms with Crippen LogP contribution in [0.3, 0.4) is 0 Å². The second-order valence-electron chi connectivity index (χ2n) is 6.82. The third-order valence-corrected chi connectivity index (χ3v) is 4.68. The van der Waals surface area contributed by atoms with E-state index >= 15 is 0 Å². The lowest BCUT2D eigenvalue weighted by Crippen LogP contribution is -2.45. The molecule has 1 fully saturated rings. The molecule has 2 N–H and O–H groups in total. The molecule has 7 nitrogen and oxygen atoms in total. The molecule has 1 saturated heterocycles. The van der Waals surface area contributed by atoms with E-state index in [1.165, 1.54) is 4.90 Å². The van der Waals surface area contributed by atoms with Crippen molar-refractivity contribution in [2.45, 2.75) is 57.9 Å². The maximum Gasteiger partial charge on any atom is 0.401 e. The number of alkyl halides is 3. The molecule has 0 aliphatic carbocycles. The van der Waals surface area contributed by atoms with Crippen LogP contribution in [0.25, 0.3) is 0 Å². The van der Waals surface area contributed by atoms with Gasteiger partial charge in [-0.25, -0.2) is 4.99 Å². The van der Waals surface area contributed by atoms with Gasteiger partial charge < -0.3 is 15.2 Å². The normalized spacial score (nSPS) is 21.7. The van der Waals surface area contributed by atoms with Crippen molar-refractivity contribution in [1.29, 1.82) is 0 Å². The highest BCUT2D eigenvalue weighted by atomic mass is 19.4. The second-order valence-corrected chi connectivity index (χ2v) is 6.82. The molecule has 0 bridgehead atoms. The number of rotatable bonds is 5. The third kappa shape index (κ3) is 5.09. The van der Waals surface area contributed by atoms with Gasteiger partial charge in [-0.1, -0.05) is 0 Å². The maximum atomic E-state index is 12.5. The van der Waals surface area contributed by atoms with Gasteiger partial charge in [-0.2, -0.15) is 13.2 Å². The minimum atomic E-state index is -4.15. The lowest BCUT2D eigenvalue weighted by Gasteiger charge is -2.20. The number of guanidine groups is 1. The van der Waals surface area contributed by atoms with Crippen LogP contribution >= 0.6 is 0 Å². The van der Waals surface area contributed by atoms with Crippen LogP contribution in [0.2, 0.25) is 0 Å². The lowest BCUT2D eigenvalue weighted by molar-refractivity contribution is -0.143. The van der Waals surface area contributed by atoms with Crippen molar-refractivity contribution in [1.82, 2.24) is 30.3 Å². The Morgan fingerprint density at radius 2 is 2.12 bits per heavy atom. The van der Waals surface area contributed by atoms with Crippen LogP contribution in [0.15, 0.2) is 4.99 Å². The second kappa shape index (κ2) is 8.24. The standard InChI is InChI=1S/C16H26F3N7/c1-2-20-15(22-12-6-8-25(10-12)11-16(17,18)19)21-9-14-24-23-13-5-3-4-7-26(13)14/h12H,2-11H2,1H3,(H2,20,21,22). The van der Waals surface area contributed by atoms with Crippen LogP contribution in [0, 0.1) is 0 Å². The topological polar surface area (TPSA) is 70.4 Å². The minimum Gasteiger partial charge on any atom is -0.357 e. The molecule has 2 aliphatic rings. The van der Waals surface area contributed by atoms with Crippen molar-refractivity contribution in [3.63, 3.8) is 0 Å². The van der Waals surface area contributed by atoms with Gasteiger partial charge in [0.2, 0.25) is 0 Å². The number of hydrogen-bond donors (Lipinski definition) is 2. The summed E-state index contributed by atoms with van der Waals surface area (Å²) >= 11 is 0. The highest BCUT2D eigenvalue weighted by Crippen LogP contribution is 2.20. The monoisotopic (exact) mass is 373 g/mol. The van der Waals surface area contributed by atoms with Crippen LogP contribution in [-0.4, -0.2) is 64.0 Å². The zero-order valence-electron chi connectivity index (χ0n) is 15.0. The lowest BCUT2D eigenvalue weighted by atomic mass is 10.2. The van der Waals surface area contributed by atoms with Gasteiger partial charge in [-0.15, -0.1) is 10.2 Å². The van der Waals surface area contributed by atoms with Gasteiger partial charge in [0.15, 0.2) is 11.8 Å². The average molecular weight is 373 g/mol. The third-order valence-electron chi connectivity index (χ3n) is 4.68. The Hall–Kier alpha value is -1.84. The van der Waals surface area contributed by atoms with Crippen LogP contribution in [-0.2, 0) is 19.5 Å². The van der Waals surface area contributed by atoms with Gasteiger partial charge >= 0.3 is 6.18 Å². The number of aryl methyl sites for hydroxylation is 1. The van der Waals surface area contributed by atoms with Gasteiger partial charge in [0, 0.05) is 38.6 Å². The molecular formula is C16H26F3N7. The predicted molar refractivity (Wildman–Crippen MR) is 91.8 cm³/mol. The van der Waals surface area contributed by atoms with E-state index in [1.54, 1.807) is 0 Å². The molecule has 0 amide bonds. The Morgan fingerprint density at radius 1 is 1.27 bits per heavy atom. The van der Waals surface area contributed by atoms with Gasteiger partial charge in [0.25, 0.3) is 0 Å².